The zero-order valence-electron chi connectivity index (χ0n) is 20.9. The van der Waals surface area contributed by atoms with Gasteiger partial charge in [0.25, 0.3) is 5.91 Å². The first-order valence-electron chi connectivity index (χ1n) is 11.7. The van der Waals surface area contributed by atoms with Crippen LogP contribution in [0, 0.1) is 13.8 Å². The Morgan fingerprint density at radius 1 is 0.838 bits per heavy atom. The van der Waals surface area contributed by atoms with Crippen LogP contribution in [-0.2, 0) is 19.1 Å². The molecule has 0 heterocycles. The van der Waals surface area contributed by atoms with Gasteiger partial charge in [-0.1, -0.05) is 28.1 Å². The van der Waals surface area contributed by atoms with Crippen LogP contribution in [-0.4, -0.2) is 31.5 Å². The molecule has 0 unspecified atom stereocenters. The van der Waals surface area contributed by atoms with Crippen LogP contribution in [0.4, 0.5) is 11.4 Å². The monoisotopic (exact) mass is 568 g/mol. The van der Waals surface area contributed by atoms with Crippen LogP contribution in [0.3, 0.4) is 0 Å². The number of esters is 1. The molecule has 37 heavy (non-hydrogen) atoms. The van der Waals surface area contributed by atoms with Crippen LogP contribution in [0.2, 0.25) is 0 Å². The maximum Gasteiger partial charge on any atom is 0.306 e. The number of rotatable bonds is 11. The van der Waals surface area contributed by atoms with Crippen LogP contribution in [0.5, 0.6) is 17.2 Å². The van der Waals surface area contributed by atoms with Crippen molar-refractivity contribution in [2.75, 3.05) is 24.4 Å². The van der Waals surface area contributed by atoms with Crippen molar-refractivity contribution in [3.63, 3.8) is 0 Å². The number of carbonyl (C=O) groups excluding carboxylic acids is 3. The molecule has 2 amide bonds. The molecule has 0 bridgehead atoms. The van der Waals surface area contributed by atoms with Gasteiger partial charge in [-0.2, -0.15) is 0 Å². The lowest BCUT2D eigenvalue weighted by atomic mass is 10.1. The minimum absolute atomic E-state index is 0.0306. The summed E-state index contributed by atoms with van der Waals surface area (Å²) in [5, 5.41) is 5.52. The maximum atomic E-state index is 12.2. The molecule has 2 N–H and O–H groups in total. The summed E-state index contributed by atoms with van der Waals surface area (Å²) in [6, 6.07) is 18.0. The van der Waals surface area contributed by atoms with Gasteiger partial charge >= 0.3 is 5.97 Å². The zero-order chi connectivity index (χ0) is 26.8. The van der Waals surface area contributed by atoms with Crippen molar-refractivity contribution in [3.8, 4) is 17.2 Å². The Balaban J connectivity index is 1.36. The third-order valence-corrected chi connectivity index (χ3v) is 6.22. The number of para-hydroxylation sites is 2. The fourth-order valence-corrected chi connectivity index (χ4v) is 3.83. The summed E-state index contributed by atoms with van der Waals surface area (Å²) >= 11 is 3.45. The molecule has 3 aromatic carbocycles. The first-order valence-corrected chi connectivity index (χ1v) is 12.5. The number of benzene rings is 3. The number of nitrogens with one attached hydrogen (secondary N) is 2. The normalized spacial score (nSPS) is 10.4. The molecule has 0 spiro atoms. The molecule has 9 heteroatoms. The zero-order valence-corrected chi connectivity index (χ0v) is 22.5. The van der Waals surface area contributed by atoms with Crippen molar-refractivity contribution in [3.05, 3.63) is 76.3 Å². The van der Waals surface area contributed by atoms with Gasteiger partial charge in [0.15, 0.2) is 18.1 Å². The molecule has 194 valence electrons. The SMILES string of the molecule is COc1ccccc1Oc1ccc(NC(=O)CCCC(=O)OCC(=O)Nc2cc(C)c(Br)cc2C)cc1. The molecule has 0 aliphatic carbocycles. The Kier molecular flexibility index (Phi) is 10.1. The van der Waals surface area contributed by atoms with Gasteiger partial charge < -0.3 is 24.8 Å². The van der Waals surface area contributed by atoms with Crippen LogP contribution in [0.1, 0.15) is 30.4 Å². The van der Waals surface area contributed by atoms with E-state index in [4.69, 9.17) is 14.2 Å². The molecule has 0 fully saturated rings. The van der Waals surface area contributed by atoms with Crippen LogP contribution in [0.25, 0.3) is 0 Å². The lowest BCUT2D eigenvalue weighted by Crippen LogP contribution is -2.21. The second kappa shape index (κ2) is 13.5. The number of methoxy groups -OCH3 is 1. The Morgan fingerprint density at radius 2 is 1.54 bits per heavy atom. The summed E-state index contributed by atoms with van der Waals surface area (Å²) in [4.78, 5) is 36.3. The summed E-state index contributed by atoms with van der Waals surface area (Å²) in [5.74, 6) is 0.613. The van der Waals surface area contributed by atoms with Gasteiger partial charge in [-0.15, -0.1) is 0 Å². The topological polar surface area (TPSA) is 103 Å². The van der Waals surface area contributed by atoms with Crippen molar-refractivity contribution in [2.45, 2.75) is 33.1 Å². The van der Waals surface area contributed by atoms with E-state index in [1.807, 2.05) is 38.1 Å². The highest BCUT2D eigenvalue weighted by Gasteiger charge is 2.12. The smallest absolute Gasteiger partial charge is 0.306 e. The van der Waals surface area contributed by atoms with Crippen LogP contribution >= 0.6 is 15.9 Å². The number of carbonyl (C=O) groups is 3. The fraction of sp³-hybridized carbons (Fsp3) is 0.250. The Hall–Kier alpha value is -3.85. The van der Waals surface area contributed by atoms with E-state index in [-0.39, 0.29) is 25.4 Å². The number of halogens is 1. The van der Waals surface area contributed by atoms with Crippen molar-refractivity contribution in [1.29, 1.82) is 0 Å². The number of aryl methyl sites for hydroxylation is 2. The first-order chi connectivity index (χ1) is 17.7. The average Bonchev–Trinajstić information content (AvgIpc) is 2.87. The van der Waals surface area contributed by atoms with E-state index in [2.05, 4.69) is 26.6 Å². The molecule has 0 aliphatic heterocycles. The quantitative estimate of drug-likeness (QED) is 0.268. The second-order valence-electron chi connectivity index (χ2n) is 8.30. The number of hydrogen-bond acceptors (Lipinski definition) is 6. The molecule has 8 nitrogen and oxygen atoms in total. The molecule has 0 saturated carbocycles. The van der Waals surface area contributed by atoms with Crippen molar-refractivity contribution < 1.29 is 28.6 Å². The summed E-state index contributed by atoms with van der Waals surface area (Å²) < 4.78 is 17.1. The first kappa shape index (κ1) is 27.7. The lowest BCUT2D eigenvalue weighted by Gasteiger charge is -2.11. The predicted molar refractivity (Wildman–Crippen MR) is 145 cm³/mol. The van der Waals surface area contributed by atoms with Gasteiger partial charge in [0, 0.05) is 28.7 Å². The Morgan fingerprint density at radius 3 is 2.24 bits per heavy atom. The average molecular weight is 569 g/mol. The van der Waals surface area contributed by atoms with Crippen molar-refractivity contribution >= 4 is 45.1 Å². The predicted octanol–water partition coefficient (Wildman–Crippen LogP) is 6.16. The molecule has 0 radical (unpaired) electrons. The van der Waals surface area contributed by atoms with E-state index in [1.165, 1.54) is 0 Å². The number of anilines is 2. The lowest BCUT2D eigenvalue weighted by molar-refractivity contribution is -0.147. The van der Waals surface area contributed by atoms with Crippen molar-refractivity contribution in [1.82, 2.24) is 0 Å². The highest BCUT2D eigenvalue weighted by molar-refractivity contribution is 9.10. The van der Waals surface area contributed by atoms with Gasteiger partial charge in [-0.3, -0.25) is 14.4 Å². The molecule has 3 rings (SSSR count). The minimum Gasteiger partial charge on any atom is -0.493 e. The molecule has 0 saturated heterocycles. The van der Waals surface area contributed by atoms with E-state index in [1.54, 1.807) is 43.5 Å². The van der Waals surface area contributed by atoms with Gasteiger partial charge in [-0.05, 0) is 79.9 Å². The third kappa shape index (κ3) is 8.64. The highest BCUT2D eigenvalue weighted by Crippen LogP contribution is 2.31. The molecule has 0 atom stereocenters. The minimum atomic E-state index is -0.537. The molecule has 3 aromatic rings. The summed E-state index contributed by atoms with van der Waals surface area (Å²) in [6.45, 7) is 3.41. The van der Waals surface area contributed by atoms with E-state index in [0.717, 1.165) is 15.6 Å². The number of amides is 2. The van der Waals surface area contributed by atoms with E-state index < -0.39 is 11.9 Å². The molecular weight excluding hydrogens is 540 g/mol. The van der Waals surface area contributed by atoms with Crippen LogP contribution < -0.4 is 20.1 Å². The summed E-state index contributed by atoms with van der Waals surface area (Å²) in [5.41, 5.74) is 3.14. The largest absolute Gasteiger partial charge is 0.493 e. The van der Waals surface area contributed by atoms with E-state index >= 15 is 0 Å². The third-order valence-electron chi connectivity index (χ3n) is 5.36. The highest BCUT2D eigenvalue weighted by atomic mass is 79.9. The van der Waals surface area contributed by atoms with E-state index in [0.29, 0.717) is 35.0 Å². The summed E-state index contributed by atoms with van der Waals surface area (Å²) in [6.07, 6.45) is 0.466. The second-order valence-corrected chi connectivity index (χ2v) is 9.16. The van der Waals surface area contributed by atoms with Gasteiger partial charge in [0.2, 0.25) is 5.91 Å². The summed E-state index contributed by atoms with van der Waals surface area (Å²) in [7, 11) is 1.57. The molecule has 0 aliphatic rings. The maximum absolute atomic E-state index is 12.2. The Labute approximate surface area is 224 Å². The van der Waals surface area contributed by atoms with Gasteiger partial charge in [-0.25, -0.2) is 0 Å². The molecule has 0 aromatic heterocycles. The van der Waals surface area contributed by atoms with E-state index in [9.17, 15) is 14.4 Å². The standard InChI is InChI=1S/C28H29BrN2O6/c1-18-16-23(19(2)15-22(18)29)31-27(33)17-36-28(34)10-6-9-26(32)30-20-11-13-21(14-12-20)37-25-8-5-4-7-24(25)35-3/h4-5,7-8,11-16H,6,9-10,17H2,1-3H3,(H,30,32)(H,31,33). The number of hydrogen-bond donors (Lipinski definition) is 2. The number of ether oxygens (including phenoxy) is 3. The van der Waals surface area contributed by atoms with Gasteiger partial charge in [0.1, 0.15) is 5.75 Å². The Bertz CT molecular complexity index is 1260. The van der Waals surface area contributed by atoms with Crippen molar-refractivity contribution in [2.24, 2.45) is 0 Å². The van der Waals surface area contributed by atoms with Gasteiger partial charge in [0.05, 0.1) is 7.11 Å². The molecular formula is C28H29BrN2O6. The van der Waals surface area contributed by atoms with Crippen LogP contribution in [0.15, 0.2) is 65.1 Å². The fourth-order valence-electron chi connectivity index (χ4n) is 3.37.